The highest BCUT2D eigenvalue weighted by Crippen LogP contribution is 2.49. The molecule has 178 valence electrons. The second-order valence-corrected chi connectivity index (χ2v) is 8.78. The molecule has 0 fully saturated rings. The first-order chi connectivity index (χ1) is 15.5. The Bertz CT molecular complexity index is 1060. The number of hydrogen-bond acceptors (Lipinski definition) is 4. The molecule has 1 heterocycles. The van der Waals surface area contributed by atoms with Crippen LogP contribution < -0.4 is 5.32 Å². The minimum absolute atomic E-state index is 0.0459. The number of oxime groups is 1. The van der Waals surface area contributed by atoms with Crippen molar-refractivity contribution in [2.24, 2.45) is 5.16 Å². The van der Waals surface area contributed by atoms with Gasteiger partial charge in [0.05, 0.1) is 5.71 Å². The third kappa shape index (κ3) is 5.28. The first-order valence-corrected chi connectivity index (χ1v) is 11.1. The number of hydrogen-bond donors (Lipinski definition) is 2. The van der Waals surface area contributed by atoms with Crippen LogP contribution in [0, 0.1) is 6.92 Å². The topological polar surface area (TPSA) is 70.9 Å². The SMILES string of the molecule is CCCCNC(=O)C(O)c1ccc(C2=NOC(c3cc(Cl)cc(Cl)c3)(C(F)(F)F)C2)cc1C. The van der Waals surface area contributed by atoms with Gasteiger partial charge in [0.1, 0.15) is 0 Å². The molecule has 0 saturated heterocycles. The van der Waals surface area contributed by atoms with Crippen molar-refractivity contribution in [3.63, 3.8) is 0 Å². The summed E-state index contributed by atoms with van der Waals surface area (Å²) in [6.45, 7) is 4.09. The van der Waals surface area contributed by atoms with Gasteiger partial charge in [0.2, 0.25) is 0 Å². The number of alkyl halides is 3. The maximum absolute atomic E-state index is 14.2. The molecule has 2 aromatic rings. The van der Waals surface area contributed by atoms with E-state index in [9.17, 15) is 23.1 Å². The summed E-state index contributed by atoms with van der Waals surface area (Å²) in [6.07, 6.45) is -5.09. The van der Waals surface area contributed by atoms with E-state index in [1.54, 1.807) is 13.0 Å². The molecule has 0 aliphatic carbocycles. The average molecular weight is 503 g/mol. The van der Waals surface area contributed by atoms with Crippen molar-refractivity contribution in [2.45, 2.75) is 51.0 Å². The summed E-state index contributed by atoms with van der Waals surface area (Å²) in [5.41, 5.74) is -1.64. The van der Waals surface area contributed by atoms with Gasteiger partial charge in [-0.15, -0.1) is 0 Å². The lowest BCUT2D eigenvalue weighted by Crippen LogP contribution is -2.42. The molecule has 2 N–H and O–H groups in total. The van der Waals surface area contributed by atoms with Crippen LogP contribution in [0.2, 0.25) is 10.0 Å². The van der Waals surface area contributed by atoms with Gasteiger partial charge >= 0.3 is 6.18 Å². The third-order valence-electron chi connectivity index (χ3n) is 5.49. The molecule has 2 aromatic carbocycles. The van der Waals surface area contributed by atoms with Crippen molar-refractivity contribution in [3.05, 3.63) is 68.7 Å². The Hall–Kier alpha value is -2.29. The normalized spacial score (nSPS) is 19.1. The first kappa shape index (κ1) is 25.3. The van der Waals surface area contributed by atoms with Crippen LogP contribution in [0.1, 0.15) is 54.5 Å². The van der Waals surface area contributed by atoms with E-state index in [2.05, 4.69) is 10.5 Å². The van der Waals surface area contributed by atoms with Gasteiger partial charge in [0.25, 0.3) is 11.5 Å². The number of halogens is 5. The van der Waals surface area contributed by atoms with Gasteiger partial charge in [0.15, 0.2) is 6.10 Å². The van der Waals surface area contributed by atoms with Crippen molar-refractivity contribution in [1.82, 2.24) is 5.32 Å². The number of carbonyl (C=O) groups is 1. The molecule has 10 heteroatoms. The summed E-state index contributed by atoms with van der Waals surface area (Å²) in [6, 6.07) is 8.21. The van der Waals surface area contributed by atoms with E-state index < -0.39 is 30.2 Å². The highest BCUT2D eigenvalue weighted by atomic mass is 35.5. The van der Waals surface area contributed by atoms with Crippen LogP contribution in [0.25, 0.3) is 0 Å². The predicted octanol–water partition coefficient (Wildman–Crippen LogP) is 5.83. The fourth-order valence-corrected chi connectivity index (χ4v) is 4.16. The molecule has 1 aliphatic rings. The molecular weight excluding hydrogens is 480 g/mol. The fourth-order valence-electron chi connectivity index (χ4n) is 3.63. The summed E-state index contributed by atoms with van der Waals surface area (Å²) in [5, 5.41) is 16.9. The molecular formula is C23H23Cl2F3N2O3. The number of nitrogens with zero attached hydrogens (tertiary/aromatic N) is 1. The van der Waals surface area contributed by atoms with Gasteiger partial charge in [-0.3, -0.25) is 4.79 Å². The van der Waals surface area contributed by atoms with E-state index in [0.29, 0.717) is 23.2 Å². The zero-order chi connectivity index (χ0) is 24.4. The highest BCUT2D eigenvalue weighted by molar-refractivity contribution is 6.34. The second-order valence-electron chi connectivity index (χ2n) is 7.91. The van der Waals surface area contributed by atoms with Crippen molar-refractivity contribution < 1.29 is 27.9 Å². The summed E-state index contributed by atoms with van der Waals surface area (Å²) in [4.78, 5) is 17.2. The highest BCUT2D eigenvalue weighted by Gasteiger charge is 2.62. The van der Waals surface area contributed by atoms with Crippen molar-refractivity contribution in [1.29, 1.82) is 0 Å². The van der Waals surface area contributed by atoms with E-state index in [1.807, 2.05) is 6.92 Å². The first-order valence-electron chi connectivity index (χ1n) is 10.3. The number of benzene rings is 2. The van der Waals surface area contributed by atoms with Crippen molar-refractivity contribution in [3.8, 4) is 0 Å². The summed E-state index contributed by atoms with van der Waals surface area (Å²) in [5.74, 6) is -0.533. The molecule has 3 rings (SSSR count). The Kier molecular flexibility index (Phi) is 7.61. The third-order valence-corrected chi connectivity index (χ3v) is 5.93. The number of nitrogens with one attached hydrogen (secondary N) is 1. The van der Waals surface area contributed by atoms with Gasteiger partial charge < -0.3 is 15.3 Å². The predicted molar refractivity (Wildman–Crippen MR) is 120 cm³/mol. The smallest absolute Gasteiger partial charge is 0.378 e. The van der Waals surface area contributed by atoms with E-state index in [4.69, 9.17) is 28.0 Å². The zero-order valence-corrected chi connectivity index (χ0v) is 19.5. The number of amides is 1. The Morgan fingerprint density at radius 1 is 1.24 bits per heavy atom. The molecule has 1 aliphatic heterocycles. The molecule has 1 amide bonds. The van der Waals surface area contributed by atoms with Crippen LogP contribution in [0.3, 0.4) is 0 Å². The van der Waals surface area contributed by atoms with E-state index >= 15 is 0 Å². The molecule has 33 heavy (non-hydrogen) atoms. The van der Waals surface area contributed by atoms with Crippen LogP contribution in [-0.4, -0.2) is 29.4 Å². The maximum atomic E-state index is 14.2. The summed E-state index contributed by atoms with van der Waals surface area (Å²) >= 11 is 11.9. The quantitative estimate of drug-likeness (QED) is 0.467. The number of rotatable bonds is 7. The van der Waals surface area contributed by atoms with Crippen LogP contribution in [-0.2, 0) is 15.2 Å². The maximum Gasteiger partial charge on any atom is 0.435 e. The van der Waals surface area contributed by atoms with Gasteiger partial charge in [-0.2, -0.15) is 13.2 Å². The molecule has 0 radical (unpaired) electrons. The molecule has 0 spiro atoms. The van der Waals surface area contributed by atoms with Crippen LogP contribution in [0.4, 0.5) is 13.2 Å². The van der Waals surface area contributed by atoms with Crippen LogP contribution in [0.15, 0.2) is 41.6 Å². The number of carbonyl (C=O) groups excluding carboxylic acids is 1. The molecule has 0 bridgehead atoms. The van der Waals surface area contributed by atoms with Gasteiger partial charge in [-0.05, 0) is 54.3 Å². The Morgan fingerprint density at radius 3 is 2.48 bits per heavy atom. The minimum atomic E-state index is -4.80. The molecule has 2 atom stereocenters. The lowest BCUT2D eigenvalue weighted by molar-refractivity contribution is -0.275. The number of aliphatic hydroxyl groups is 1. The number of unbranched alkanes of at least 4 members (excludes halogenated alkanes) is 1. The minimum Gasteiger partial charge on any atom is -0.378 e. The van der Waals surface area contributed by atoms with E-state index in [1.165, 1.54) is 18.2 Å². The van der Waals surface area contributed by atoms with Gasteiger partial charge in [-0.1, -0.05) is 53.8 Å². The Morgan fingerprint density at radius 2 is 1.91 bits per heavy atom. The second kappa shape index (κ2) is 9.91. The van der Waals surface area contributed by atoms with Crippen molar-refractivity contribution in [2.75, 3.05) is 6.54 Å². The van der Waals surface area contributed by atoms with Crippen LogP contribution >= 0.6 is 23.2 Å². The average Bonchev–Trinajstić information content (AvgIpc) is 3.19. The van der Waals surface area contributed by atoms with Gasteiger partial charge in [-0.25, -0.2) is 0 Å². The molecule has 0 saturated carbocycles. The molecule has 0 aromatic heterocycles. The van der Waals surface area contributed by atoms with E-state index in [-0.39, 0.29) is 21.3 Å². The zero-order valence-electron chi connectivity index (χ0n) is 18.0. The standard InChI is InChI=1S/C23H23Cl2F3N2O3/c1-3-4-7-29-21(32)20(31)18-6-5-14(8-13(18)2)19-12-22(33-30-19,23(26,27)28)15-9-16(24)11-17(25)10-15/h5-6,8-11,20,31H,3-4,7,12H2,1-2H3,(H,29,32). The Balaban J connectivity index is 1.86. The lowest BCUT2D eigenvalue weighted by atomic mass is 9.86. The summed E-state index contributed by atoms with van der Waals surface area (Å²) in [7, 11) is 0. The monoisotopic (exact) mass is 502 g/mol. The Labute approximate surface area is 199 Å². The molecule has 5 nitrogen and oxygen atoms in total. The molecule has 2 unspecified atom stereocenters. The lowest BCUT2D eigenvalue weighted by Gasteiger charge is -2.29. The largest absolute Gasteiger partial charge is 0.435 e. The van der Waals surface area contributed by atoms with E-state index in [0.717, 1.165) is 25.0 Å². The van der Waals surface area contributed by atoms with Gasteiger partial charge in [0, 0.05) is 28.6 Å². The summed E-state index contributed by atoms with van der Waals surface area (Å²) < 4.78 is 42.5. The van der Waals surface area contributed by atoms with Crippen LogP contribution in [0.5, 0.6) is 0 Å². The van der Waals surface area contributed by atoms with Crippen molar-refractivity contribution >= 4 is 34.8 Å². The fraction of sp³-hybridized carbons (Fsp3) is 0.391. The number of aryl methyl sites for hydroxylation is 1. The number of aliphatic hydroxyl groups excluding tert-OH is 1.